The lowest BCUT2D eigenvalue weighted by atomic mass is 10.2. The van der Waals surface area contributed by atoms with Crippen molar-refractivity contribution in [3.8, 4) is 0 Å². The minimum atomic E-state index is 0.660. The second-order valence-corrected chi connectivity index (χ2v) is 5.77. The molecule has 0 fully saturated rings. The number of halogens is 1. The van der Waals surface area contributed by atoms with E-state index >= 15 is 0 Å². The zero-order valence-corrected chi connectivity index (χ0v) is 15.2. The first kappa shape index (κ1) is 20.6. The van der Waals surface area contributed by atoms with Gasteiger partial charge in [-0.25, -0.2) is 0 Å². The van der Waals surface area contributed by atoms with Gasteiger partial charge in [-0.05, 0) is 30.2 Å². The predicted molar refractivity (Wildman–Crippen MR) is 93.0 cm³/mol. The van der Waals surface area contributed by atoms with Gasteiger partial charge in [-0.3, -0.25) is 0 Å². The molecule has 0 aliphatic heterocycles. The summed E-state index contributed by atoms with van der Waals surface area (Å²) in [5, 5.41) is 3.39. The summed E-state index contributed by atoms with van der Waals surface area (Å²) in [4.78, 5) is 0. The molecule has 0 rings (SSSR count). The molecule has 1 N–H and O–H groups in total. The van der Waals surface area contributed by atoms with Crippen LogP contribution >= 0.6 is 22.6 Å². The van der Waals surface area contributed by atoms with Crippen molar-refractivity contribution in [3.05, 3.63) is 0 Å². The number of unbranched alkanes of at least 4 members (excludes halogenated alkanes) is 3. The normalized spacial score (nSPS) is 11.1. The first-order chi connectivity index (χ1) is 9.91. The van der Waals surface area contributed by atoms with Crippen LogP contribution in [0, 0.1) is 0 Å². The van der Waals surface area contributed by atoms with E-state index in [-0.39, 0.29) is 0 Å². The molecule has 0 heterocycles. The fraction of sp³-hybridized carbons (Fsp3) is 1.00. The molecule has 20 heavy (non-hydrogen) atoms. The van der Waals surface area contributed by atoms with Gasteiger partial charge in [0.15, 0.2) is 0 Å². The summed E-state index contributed by atoms with van der Waals surface area (Å²) in [5.74, 6) is 0. The molecule has 0 saturated heterocycles. The average molecular weight is 401 g/mol. The molecule has 0 aliphatic carbocycles. The fourth-order valence-electron chi connectivity index (χ4n) is 1.58. The van der Waals surface area contributed by atoms with E-state index in [1.54, 1.807) is 0 Å². The van der Waals surface area contributed by atoms with Crippen LogP contribution in [0.4, 0.5) is 0 Å². The van der Waals surface area contributed by atoms with E-state index < -0.39 is 0 Å². The number of hydrogen-bond acceptors (Lipinski definition) is 4. The van der Waals surface area contributed by atoms with E-state index in [1.165, 1.54) is 30.1 Å². The zero-order valence-electron chi connectivity index (χ0n) is 13.0. The minimum absolute atomic E-state index is 0.660. The van der Waals surface area contributed by atoms with E-state index in [1.807, 2.05) is 0 Å². The molecule has 0 bridgehead atoms. The summed E-state index contributed by atoms with van der Waals surface area (Å²) in [6.45, 7) is 8.51. The quantitative estimate of drug-likeness (QED) is 0.231. The monoisotopic (exact) mass is 401 g/mol. The second-order valence-electron chi connectivity index (χ2n) is 4.69. The Labute approximate surface area is 138 Å². The van der Waals surface area contributed by atoms with Gasteiger partial charge in [0.1, 0.15) is 0 Å². The fourth-order valence-corrected chi connectivity index (χ4v) is 2.12. The molecule has 4 nitrogen and oxygen atoms in total. The van der Waals surface area contributed by atoms with Crippen LogP contribution in [0.3, 0.4) is 0 Å². The first-order valence-electron chi connectivity index (χ1n) is 7.91. The van der Waals surface area contributed by atoms with Gasteiger partial charge in [-0.1, -0.05) is 42.4 Å². The maximum Gasteiger partial charge on any atom is 0.0701 e. The summed E-state index contributed by atoms with van der Waals surface area (Å²) in [6.07, 6.45) is 6.24. The highest BCUT2D eigenvalue weighted by atomic mass is 127. The molecule has 0 aromatic heterocycles. The Bertz CT molecular complexity index is 155. The first-order valence-corrected chi connectivity index (χ1v) is 9.44. The van der Waals surface area contributed by atoms with Gasteiger partial charge in [0.05, 0.1) is 33.0 Å². The third kappa shape index (κ3) is 18.6. The van der Waals surface area contributed by atoms with Crippen LogP contribution in [0.5, 0.6) is 0 Å². The van der Waals surface area contributed by atoms with E-state index in [9.17, 15) is 0 Å². The minimum Gasteiger partial charge on any atom is -0.379 e. The molecular formula is C15H32INO3. The highest BCUT2D eigenvalue weighted by molar-refractivity contribution is 14.1. The molecule has 5 heteroatoms. The summed E-state index contributed by atoms with van der Waals surface area (Å²) in [7, 11) is 0. The molecule has 0 radical (unpaired) electrons. The lowest BCUT2D eigenvalue weighted by molar-refractivity contribution is 0.0147. The van der Waals surface area contributed by atoms with Crippen molar-refractivity contribution in [2.75, 3.05) is 57.2 Å². The van der Waals surface area contributed by atoms with E-state index in [0.717, 1.165) is 32.7 Å². The molecule has 0 aromatic rings. The molecule has 122 valence electrons. The second kappa shape index (κ2) is 19.6. The Morgan fingerprint density at radius 2 is 1.35 bits per heavy atom. The Morgan fingerprint density at radius 3 is 2.00 bits per heavy atom. The molecule has 0 aromatic carbocycles. The molecule has 0 unspecified atom stereocenters. The smallest absolute Gasteiger partial charge is 0.0701 e. The third-order valence-corrected chi connectivity index (χ3v) is 3.56. The standard InChI is InChI=1S/C15H32INO3/c1-2-3-10-18-12-14-20-15-13-19-11-9-17-8-6-4-5-7-16/h17H,2-15H2,1H3. The highest BCUT2D eigenvalue weighted by Gasteiger charge is 1.92. The van der Waals surface area contributed by atoms with Crippen molar-refractivity contribution in [2.45, 2.75) is 39.0 Å². The van der Waals surface area contributed by atoms with Gasteiger partial charge in [0.25, 0.3) is 0 Å². The van der Waals surface area contributed by atoms with E-state index in [4.69, 9.17) is 14.2 Å². The Balaban J connectivity index is 2.89. The largest absolute Gasteiger partial charge is 0.379 e. The van der Waals surface area contributed by atoms with Crippen LogP contribution in [-0.2, 0) is 14.2 Å². The number of rotatable bonds is 17. The van der Waals surface area contributed by atoms with Crippen molar-refractivity contribution < 1.29 is 14.2 Å². The van der Waals surface area contributed by atoms with Crippen LogP contribution in [0.2, 0.25) is 0 Å². The van der Waals surface area contributed by atoms with Gasteiger partial charge >= 0.3 is 0 Å². The topological polar surface area (TPSA) is 39.7 Å². The van der Waals surface area contributed by atoms with Gasteiger partial charge in [-0.2, -0.15) is 0 Å². The van der Waals surface area contributed by atoms with Crippen molar-refractivity contribution in [2.24, 2.45) is 0 Å². The summed E-state index contributed by atoms with van der Waals surface area (Å²) in [6, 6.07) is 0. The summed E-state index contributed by atoms with van der Waals surface area (Å²) >= 11 is 2.43. The molecule has 0 spiro atoms. The van der Waals surface area contributed by atoms with Crippen molar-refractivity contribution in [3.63, 3.8) is 0 Å². The molecule has 0 atom stereocenters. The highest BCUT2D eigenvalue weighted by Crippen LogP contribution is 1.97. The third-order valence-electron chi connectivity index (χ3n) is 2.80. The molecular weight excluding hydrogens is 369 g/mol. The number of hydrogen-bond donors (Lipinski definition) is 1. The Kier molecular flexibility index (Phi) is 20.1. The van der Waals surface area contributed by atoms with E-state index in [2.05, 4.69) is 34.8 Å². The van der Waals surface area contributed by atoms with Crippen molar-refractivity contribution in [1.29, 1.82) is 0 Å². The lowest BCUT2D eigenvalue weighted by Gasteiger charge is -2.07. The number of alkyl halides is 1. The number of nitrogens with one attached hydrogen (secondary N) is 1. The lowest BCUT2D eigenvalue weighted by Crippen LogP contribution is -2.21. The number of ether oxygens (including phenoxy) is 3. The van der Waals surface area contributed by atoms with Crippen LogP contribution in [0.25, 0.3) is 0 Å². The summed E-state index contributed by atoms with van der Waals surface area (Å²) in [5.41, 5.74) is 0. The van der Waals surface area contributed by atoms with Crippen LogP contribution in [0.1, 0.15) is 39.0 Å². The SMILES string of the molecule is CCCCOCCOCCOCCNCCCCCI. The van der Waals surface area contributed by atoms with Gasteiger partial charge < -0.3 is 19.5 Å². The van der Waals surface area contributed by atoms with Crippen LogP contribution < -0.4 is 5.32 Å². The maximum atomic E-state index is 5.48. The van der Waals surface area contributed by atoms with Gasteiger partial charge in [0.2, 0.25) is 0 Å². The van der Waals surface area contributed by atoms with Crippen molar-refractivity contribution >= 4 is 22.6 Å². The molecule has 0 saturated carbocycles. The Morgan fingerprint density at radius 1 is 0.700 bits per heavy atom. The van der Waals surface area contributed by atoms with Crippen molar-refractivity contribution in [1.82, 2.24) is 5.32 Å². The van der Waals surface area contributed by atoms with Crippen LogP contribution in [0.15, 0.2) is 0 Å². The predicted octanol–water partition coefficient (Wildman–Crippen LogP) is 3.03. The Hall–Kier alpha value is 0.570. The molecule has 0 aliphatic rings. The maximum absolute atomic E-state index is 5.48. The summed E-state index contributed by atoms with van der Waals surface area (Å²) < 4.78 is 17.6. The van der Waals surface area contributed by atoms with E-state index in [0.29, 0.717) is 26.4 Å². The van der Waals surface area contributed by atoms with Crippen LogP contribution in [-0.4, -0.2) is 57.2 Å². The zero-order chi connectivity index (χ0) is 14.7. The van der Waals surface area contributed by atoms with Gasteiger partial charge in [-0.15, -0.1) is 0 Å². The van der Waals surface area contributed by atoms with Gasteiger partial charge in [0, 0.05) is 13.2 Å². The molecule has 0 amide bonds. The average Bonchev–Trinajstić information content (AvgIpc) is 2.47.